The van der Waals surface area contributed by atoms with E-state index in [2.05, 4.69) is 5.32 Å². The fourth-order valence-corrected chi connectivity index (χ4v) is 3.03. The Morgan fingerprint density at radius 2 is 2.00 bits per heavy atom. The lowest BCUT2D eigenvalue weighted by atomic mass is 10.0. The maximum Gasteiger partial charge on any atom is 0.336 e. The van der Waals surface area contributed by atoms with Crippen molar-refractivity contribution in [2.75, 3.05) is 7.11 Å². The van der Waals surface area contributed by atoms with E-state index in [9.17, 15) is 18.8 Å². The van der Waals surface area contributed by atoms with Crippen LogP contribution >= 0.6 is 0 Å². The summed E-state index contributed by atoms with van der Waals surface area (Å²) in [6.45, 7) is 0. The van der Waals surface area contributed by atoms with Crippen molar-refractivity contribution in [1.82, 2.24) is 5.32 Å². The van der Waals surface area contributed by atoms with Crippen LogP contribution in [0.4, 0.5) is 4.39 Å². The molecule has 3 aromatic rings. The molecule has 3 N–H and O–H groups in total. The molecule has 7 nitrogen and oxygen atoms in total. The zero-order valence-electron chi connectivity index (χ0n) is 15.6. The zero-order valence-corrected chi connectivity index (χ0v) is 15.6. The van der Waals surface area contributed by atoms with Crippen LogP contribution < -0.4 is 21.4 Å². The summed E-state index contributed by atoms with van der Waals surface area (Å²) in [5.41, 5.74) is 6.09. The first-order chi connectivity index (χ1) is 13.9. The van der Waals surface area contributed by atoms with Gasteiger partial charge in [0.1, 0.15) is 23.2 Å². The van der Waals surface area contributed by atoms with Gasteiger partial charge in [-0.1, -0.05) is 12.1 Å². The van der Waals surface area contributed by atoms with Crippen LogP contribution in [0.1, 0.15) is 11.1 Å². The highest BCUT2D eigenvalue weighted by molar-refractivity contribution is 5.89. The molecule has 0 radical (unpaired) electrons. The highest BCUT2D eigenvalue weighted by atomic mass is 19.1. The van der Waals surface area contributed by atoms with E-state index >= 15 is 0 Å². The van der Waals surface area contributed by atoms with Crippen LogP contribution in [0.25, 0.3) is 11.0 Å². The van der Waals surface area contributed by atoms with Gasteiger partial charge in [0.2, 0.25) is 11.8 Å². The number of benzene rings is 2. The van der Waals surface area contributed by atoms with Gasteiger partial charge < -0.3 is 20.2 Å². The van der Waals surface area contributed by atoms with Gasteiger partial charge in [-0.2, -0.15) is 0 Å². The Kier molecular flexibility index (Phi) is 5.92. The Hall–Kier alpha value is -3.68. The standard InChI is InChI=1S/C21H19FN2O5/c1-28-15-5-6-16-13(10-20(26)29-18(16)11-15)9-17(21(23)27)24-19(25)8-12-3-2-4-14(22)7-12/h2-7,10-11,17H,8-9H2,1H3,(H2,23,27)(H,24,25)/t17-/m1/s1. The number of carbonyl (C=O) groups excluding carboxylic acids is 2. The third kappa shape index (κ3) is 4.98. The first kappa shape index (κ1) is 20.1. The number of hydrogen-bond donors (Lipinski definition) is 2. The number of hydrogen-bond acceptors (Lipinski definition) is 5. The lowest BCUT2D eigenvalue weighted by molar-refractivity contribution is -0.126. The largest absolute Gasteiger partial charge is 0.497 e. The van der Waals surface area contributed by atoms with Gasteiger partial charge in [-0.05, 0) is 35.4 Å². The Bertz CT molecular complexity index is 1130. The maximum atomic E-state index is 13.3. The quantitative estimate of drug-likeness (QED) is 0.589. The van der Waals surface area contributed by atoms with Gasteiger partial charge in [-0.15, -0.1) is 0 Å². The van der Waals surface area contributed by atoms with Crippen molar-refractivity contribution in [2.45, 2.75) is 18.9 Å². The van der Waals surface area contributed by atoms with Crippen molar-refractivity contribution in [3.8, 4) is 5.75 Å². The predicted octanol–water partition coefficient (Wildman–Crippen LogP) is 1.70. The molecule has 0 aliphatic heterocycles. The molecule has 0 saturated heterocycles. The molecule has 0 unspecified atom stereocenters. The Morgan fingerprint density at radius 1 is 1.21 bits per heavy atom. The molecule has 1 heterocycles. The zero-order chi connectivity index (χ0) is 21.0. The lowest BCUT2D eigenvalue weighted by Crippen LogP contribution is -2.46. The van der Waals surface area contributed by atoms with Crippen LogP contribution in [-0.4, -0.2) is 25.0 Å². The summed E-state index contributed by atoms with van der Waals surface area (Å²) < 4.78 is 23.6. The SMILES string of the molecule is COc1ccc2c(C[C@@H](NC(=O)Cc3cccc(F)c3)C(N)=O)cc(=O)oc2c1. The average molecular weight is 398 g/mol. The van der Waals surface area contributed by atoms with Crippen molar-refractivity contribution in [3.05, 3.63) is 75.9 Å². The Balaban J connectivity index is 1.82. The molecule has 0 aliphatic rings. The molecule has 1 aromatic heterocycles. The molecular weight excluding hydrogens is 379 g/mol. The fraction of sp³-hybridized carbons (Fsp3) is 0.190. The normalized spacial score (nSPS) is 11.8. The number of rotatable bonds is 7. The van der Waals surface area contributed by atoms with E-state index in [1.807, 2.05) is 0 Å². The van der Waals surface area contributed by atoms with Gasteiger partial charge in [-0.3, -0.25) is 9.59 Å². The smallest absolute Gasteiger partial charge is 0.336 e. The number of fused-ring (bicyclic) bond motifs is 1. The van der Waals surface area contributed by atoms with E-state index in [0.29, 0.717) is 27.8 Å². The first-order valence-electron chi connectivity index (χ1n) is 8.79. The van der Waals surface area contributed by atoms with E-state index in [1.165, 1.54) is 31.4 Å². The summed E-state index contributed by atoms with van der Waals surface area (Å²) in [7, 11) is 1.49. The summed E-state index contributed by atoms with van der Waals surface area (Å²) in [6, 6.07) is 10.7. The summed E-state index contributed by atoms with van der Waals surface area (Å²) in [5, 5.41) is 3.14. The molecule has 1 atom stereocenters. The summed E-state index contributed by atoms with van der Waals surface area (Å²) in [4.78, 5) is 36.1. The monoisotopic (exact) mass is 398 g/mol. The van der Waals surface area contributed by atoms with Crippen LogP contribution in [0.5, 0.6) is 5.75 Å². The molecule has 0 bridgehead atoms. The molecule has 0 saturated carbocycles. The number of methoxy groups -OCH3 is 1. The first-order valence-corrected chi connectivity index (χ1v) is 8.79. The van der Waals surface area contributed by atoms with Gasteiger partial charge in [0, 0.05) is 23.9 Å². The van der Waals surface area contributed by atoms with Crippen LogP contribution in [0, 0.1) is 5.82 Å². The van der Waals surface area contributed by atoms with Crippen molar-refractivity contribution in [1.29, 1.82) is 0 Å². The topological polar surface area (TPSA) is 112 Å². The van der Waals surface area contributed by atoms with E-state index < -0.39 is 29.3 Å². The van der Waals surface area contributed by atoms with E-state index in [0.717, 1.165) is 0 Å². The van der Waals surface area contributed by atoms with E-state index in [1.54, 1.807) is 24.3 Å². The molecule has 150 valence electrons. The van der Waals surface area contributed by atoms with Crippen molar-refractivity contribution in [3.63, 3.8) is 0 Å². The molecule has 3 rings (SSSR count). The number of amides is 2. The second-order valence-electron chi connectivity index (χ2n) is 6.49. The minimum atomic E-state index is -1.05. The number of ether oxygens (including phenoxy) is 1. The lowest BCUT2D eigenvalue weighted by Gasteiger charge is -2.16. The minimum absolute atomic E-state index is 0.00134. The summed E-state index contributed by atoms with van der Waals surface area (Å²) >= 11 is 0. The van der Waals surface area contributed by atoms with Gasteiger partial charge in [0.15, 0.2) is 0 Å². The van der Waals surface area contributed by atoms with Gasteiger partial charge in [0.25, 0.3) is 0 Å². The number of nitrogens with one attached hydrogen (secondary N) is 1. The second-order valence-corrected chi connectivity index (χ2v) is 6.49. The summed E-state index contributed by atoms with van der Waals surface area (Å²) in [5.74, 6) is -1.20. The highest BCUT2D eigenvalue weighted by Gasteiger charge is 2.21. The minimum Gasteiger partial charge on any atom is -0.497 e. The predicted molar refractivity (Wildman–Crippen MR) is 104 cm³/mol. The molecule has 2 aromatic carbocycles. The molecule has 0 spiro atoms. The summed E-state index contributed by atoms with van der Waals surface area (Å²) in [6.07, 6.45) is -0.116. The van der Waals surface area contributed by atoms with E-state index in [-0.39, 0.29) is 12.8 Å². The van der Waals surface area contributed by atoms with Crippen molar-refractivity contribution in [2.24, 2.45) is 5.73 Å². The molecule has 8 heteroatoms. The molecule has 2 amide bonds. The fourth-order valence-electron chi connectivity index (χ4n) is 3.03. The number of carbonyl (C=O) groups is 2. The Labute approximate surface area is 165 Å². The molecule has 29 heavy (non-hydrogen) atoms. The third-order valence-corrected chi connectivity index (χ3v) is 4.39. The third-order valence-electron chi connectivity index (χ3n) is 4.39. The van der Waals surface area contributed by atoms with Crippen LogP contribution in [0.15, 0.2) is 57.7 Å². The van der Waals surface area contributed by atoms with Crippen LogP contribution in [0.2, 0.25) is 0 Å². The van der Waals surface area contributed by atoms with Gasteiger partial charge in [0.05, 0.1) is 13.5 Å². The molecular formula is C21H19FN2O5. The number of primary amides is 1. The van der Waals surface area contributed by atoms with Crippen LogP contribution in [-0.2, 0) is 22.4 Å². The highest BCUT2D eigenvalue weighted by Crippen LogP contribution is 2.23. The molecule has 0 fully saturated rings. The number of halogens is 1. The average Bonchev–Trinajstić information content (AvgIpc) is 2.66. The van der Waals surface area contributed by atoms with Crippen molar-refractivity contribution < 1.29 is 23.1 Å². The van der Waals surface area contributed by atoms with Gasteiger partial charge >= 0.3 is 5.63 Å². The molecule has 0 aliphatic carbocycles. The van der Waals surface area contributed by atoms with E-state index in [4.69, 9.17) is 14.9 Å². The maximum absolute atomic E-state index is 13.3. The van der Waals surface area contributed by atoms with Gasteiger partial charge in [-0.25, -0.2) is 9.18 Å². The second kappa shape index (κ2) is 8.55. The van der Waals surface area contributed by atoms with Crippen molar-refractivity contribution >= 4 is 22.8 Å². The Morgan fingerprint density at radius 3 is 2.69 bits per heavy atom. The van der Waals surface area contributed by atoms with Crippen LogP contribution in [0.3, 0.4) is 0 Å². The number of nitrogens with two attached hydrogens (primary N) is 1.